The van der Waals surface area contributed by atoms with Crippen LogP contribution in [0.5, 0.6) is 0 Å². The molecular formula is C16H21N3O. The molecule has 4 heteroatoms. The monoisotopic (exact) mass is 271 g/mol. The molecule has 1 aromatic carbocycles. The summed E-state index contributed by atoms with van der Waals surface area (Å²) in [6, 6.07) is 11.6. The zero-order chi connectivity index (χ0) is 14.5. The van der Waals surface area contributed by atoms with Crippen molar-refractivity contribution in [3.63, 3.8) is 0 Å². The molecule has 1 atom stereocenters. The summed E-state index contributed by atoms with van der Waals surface area (Å²) in [4.78, 5) is 18.6. The van der Waals surface area contributed by atoms with Gasteiger partial charge in [0.15, 0.2) is 0 Å². The molecule has 0 saturated carbocycles. The average molecular weight is 271 g/mol. The lowest BCUT2D eigenvalue weighted by atomic mass is 10.2. The van der Waals surface area contributed by atoms with E-state index in [-0.39, 0.29) is 11.9 Å². The van der Waals surface area contributed by atoms with E-state index in [0.29, 0.717) is 0 Å². The molecule has 1 aromatic heterocycles. The van der Waals surface area contributed by atoms with Crippen LogP contribution in [0.15, 0.2) is 36.4 Å². The number of nitrogens with one attached hydrogen (secondary N) is 1. The van der Waals surface area contributed by atoms with Gasteiger partial charge in [0.1, 0.15) is 11.9 Å². The molecule has 1 unspecified atom stereocenters. The SMILES string of the molecule is CCN(CC)C(=O)C(C)Nc1ccc2ccccc2n1. The Morgan fingerprint density at radius 2 is 1.90 bits per heavy atom. The summed E-state index contributed by atoms with van der Waals surface area (Å²) in [6.45, 7) is 7.31. The van der Waals surface area contributed by atoms with Crippen molar-refractivity contribution in [3.05, 3.63) is 36.4 Å². The third kappa shape index (κ3) is 3.07. The number of likely N-dealkylation sites (N-methyl/N-ethyl adjacent to an activating group) is 1. The van der Waals surface area contributed by atoms with Gasteiger partial charge in [-0.1, -0.05) is 18.2 Å². The Balaban J connectivity index is 2.13. The smallest absolute Gasteiger partial charge is 0.244 e. The number of anilines is 1. The number of benzene rings is 1. The third-order valence-corrected chi connectivity index (χ3v) is 3.41. The Labute approximate surface area is 119 Å². The first-order valence-electron chi connectivity index (χ1n) is 7.06. The topological polar surface area (TPSA) is 45.2 Å². The molecule has 0 spiro atoms. The van der Waals surface area contributed by atoms with Crippen molar-refractivity contribution >= 4 is 22.6 Å². The Hall–Kier alpha value is -2.10. The largest absolute Gasteiger partial charge is 0.359 e. The minimum absolute atomic E-state index is 0.102. The molecule has 20 heavy (non-hydrogen) atoms. The van der Waals surface area contributed by atoms with Crippen LogP contribution in [0.2, 0.25) is 0 Å². The molecule has 1 amide bonds. The van der Waals surface area contributed by atoms with Gasteiger partial charge < -0.3 is 10.2 Å². The van der Waals surface area contributed by atoms with Crippen LogP contribution in [0.4, 0.5) is 5.82 Å². The van der Waals surface area contributed by atoms with Crippen LogP contribution in [0, 0.1) is 0 Å². The van der Waals surface area contributed by atoms with Crippen LogP contribution in [0.1, 0.15) is 20.8 Å². The van der Waals surface area contributed by atoms with Gasteiger partial charge in [0.25, 0.3) is 0 Å². The quantitative estimate of drug-likeness (QED) is 0.909. The molecule has 0 aliphatic heterocycles. The van der Waals surface area contributed by atoms with Gasteiger partial charge in [-0.3, -0.25) is 4.79 Å². The normalized spacial score (nSPS) is 12.2. The van der Waals surface area contributed by atoms with Crippen molar-refractivity contribution in [2.75, 3.05) is 18.4 Å². The lowest BCUT2D eigenvalue weighted by Gasteiger charge is -2.23. The van der Waals surface area contributed by atoms with Crippen LogP contribution in [0.3, 0.4) is 0 Å². The highest BCUT2D eigenvalue weighted by Crippen LogP contribution is 2.15. The van der Waals surface area contributed by atoms with E-state index in [1.54, 1.807) is 0 Å². The number of fused-ring (bicyclic) bond motifs is 1. The Morgan fingerprint density at radius 1 is 1.20 bits per heavy atom. The second-order valence-corrected chi connectivity index (χ2v) is 4.77. The number of rotatable bonds is 5. The van der Waals surface area contributed by atoms with E-state index < -0.39 is 0 Å². The van der Waals surface area contributed by atoms with Crippen molar-refractivity contribution in [1.82, 2.24) is 9.88 Å². The highest BCUT2D eigenvalue weighted by Gasteiger charge is 2.18. The van der Waals surface area contributed by atoms with Crippen LogP contribution in [-0.4, -0.2) is 34.9 Å². The van der Waals surface area contributed by atoms with Crippen molar-refractivity contribution in [3.8, 4) is 0 Å². The summed E-state index contributed by atoms with van der Waals surface area (Å²) >= 11 is 0. The van der Waals surface area contributed by atoms with Gasteiger partial charge in [0.05, 0.1) is 5.52 Å². The van der Waals surface area contributed by atoms with Gasteiger partial charge in [-0.25, -0.2) is 4.98 Å². The molecule has 0 aliphatic rings. The van der Waals surface area contributed by atoms with Crippen LogP contribution in [-0.2, 0) is 4.79 Å². The number of pyridine rings is 1. The molecular weight excluding hydrogens is 250 g/mol. The fourth-order valence-electron chi connectivity index (χ4n) is 2.24. The minimum atomic E-state index is -0.274. The maximum absolute atomic E-state index is 12.2. The van der Waals surface area contributed by atoms with Crippen molar-refractivity contribution < 1.29 is 4.79 Å². The standard InChI is InChI=1S/C16H21N3O/c1-4-19(5-2)16(20)12(3)17-15-11-10-13-8-6-7-9-14(13)18-15/h6-12H,4-5H2,1-3H3,(H,17,18). The number of hydrogen-bond donors (Lipinski definition) is 1. The number of nitrogens with zero attached hydrogens (tertiary/aromatic N) is 2. The van der Waals surface area contributed by atoms with Gasteiger partial charge in [-0.2, -0.15) is 0 Å². The first-order valence-corrected chi connectivity index (χ1v) is 7.06. The molecule has 1 N–H and O–H groups in total. The van der Waals surface area contributed by atoms with Crippen LogP contribution in [0.25, 0.3) is 10.9 Å². The van der Waals surface area contributed by atoms with Gasteiger partial charge in [0, 0.05) is 18.5 Å². The van der Waals surface area contributed by atoms with E-state index in [4.69, 9.17) is 0 Å². The highest BCUT2D eigenvalue weighted by molar-refractivity contribution is 5.85. The molecule has 0 radical (unpaired) electrons. The second kappa shape index (κ2) is 6.37. The predicted molar refractivity (Wildman–Crippen MR) is 82.8 cm³/mol. The summed E-state index contributed by atoms with van der Waals surface area (Å²) in [6.07, 6.45) is 0. The van der Waals surface area contributed by atoms with Crippen LogP contribution >= 0.6 is 0 Å². The van der Waals surface area contributed by atoms with E-state index in [2.05, 4.69) is 10.3 Å². The fraction of sp³-hybridized carbons (Fsp3) is 0.375. The average Bonchev–Trinajstić information content (AvgIpc) is 2.48. The molecule has 0 aliphatic carbocycles. The number of hydrogen-bond acceptors (Lipinski definition) is 3. The van der Waals surface area contributed by atoms with Gasteiger partial charge in [-0.05, 0) is 39.0 Å². The lowest BCUT2D eigenvalue weighted by Crippen LogP contribution is -2.41. The molecule has 0 bridgehead atoms. The lowest BCUT2D eigenvalue weighted by molar-refractivity contribution is -0.131. The second-order valence-electron chi connectivity index (χ2n) is 4.77. The molecule has 0 fully saturated rings. The summed E-state index contributed by atoms with van der Waals surface area (Å²) < 4.78 is 0. The van der Waals surface area contributed by atoms with E-state index in [1.165, 1.54) is 0 Å². The molecule has 4 nitrogen and oxygen atoms in total. The zero-order valence-corrected chi connectivity index (χ0v) is 12.3. The Morgan fingerprint density at radius 3 is 2.60 bits per heavy atom. The van der Waals surface area contributed by atoms with Gasteiger partial charge in [-0.15, -0.1) is 0 Å². The predicted octanol–water partition coefficient (Wildman–Crippen LogP) is 2.90. The van der Waals surface area contributed by atoms with Crippen molar-refractivity contribution in [2.45, 2.75) is 26.8 Å². The number of aromatic nitrogens is 1. The van der Waals surface area contributed by atoms with Crippen molar-refractivity contribution in [2.24, 2.45) is 0 Å². The van der Waals surface area contributed by atoms with E-state index >= 15 is 0 Å². The first kappa shape index (κ1) is 14.3. The fourth-order valence-corrected chi connectivity index (χ4v) is 2.24. The molecule has 0 saturated heterocycles. The minimum Gasteiger partial charge on any atom is -0.359 e. The van der Waals surface area contributed by atoms with Gasteiger partial charge >= 0.3 is 0 Å². The number of para-hydroxylation sites is 1. The highest BCUT2D eigenvalue weighted by atomic mass is 16.2. The summed E-state index contributed by atoms with van der Waals surface area (Å²) in [5.74, 6) is 0.835. The maximum Gasteiger partial charge on any atom is 0.244 e. The molecule has 1 heterocycles. The Bertz CT molecular complexity index is 593. The van der Waals surface area contributed by atoms with E-state index in [1.807, 2.05) is 62.1 Å². The zero-order valence-electron chi connectivity index (χ0n) is 12.3. The van der Waals surface area contributed by atoms with Crippen LogP contribution < -0.4 is 5.32 Å². The summed E-state index contributed by atoms with van der Waals surface area (Å²) in [7, 11) is 0. The van der Waals surface area contributed by atoms with Gasteiger partial charge in [0.2, 0.25) is 5.91 Å². The molecule has 2 aromatic rings. The molecule has 106 valence electrons. The molecule has 2 rings (SSSR count). The number of carbonyl (C=O) groups excluding carboxylic acids is 1. The summed E-state index contributed by atoms with van der Waals surface area (Å²) in [5.41, 5.74) is 0.931. The Kier molecular flexibility index (Phi) is 4.56. The van der Waals surface area contributed by atoms with Crippen molar-refractivity contribution in [1.29, 1.82) is 0 Å². The van der Waals surface area contributed by atoms with E-state index in [9.17, 15) is 4.79 Å². The third-order valence-electron chi connectivity index (χ3n) is 3.41. The summed E-state index contributed by atoms with van der Waals surface area (Å²) in [5, 5.41) is 4.28. The number of amides is 1. The number of carbonyl (C=O) groups is 1. The maximum atomic E-state index is 12.2. The van der Waals surface area contributed by atoms with E-state index in [0.717, 1.165) is 29.8 Å². The first-order chi connectivity index (χ1) is 9.65.